The van der Waals surface area contributed by atoms with E-state index in [2.05, 4.69) is 15.4 Å². The molecule has 6 heteroatoms. The van der Waals surface area contributed by atoms with Gasteiger partial charge in [-0.1, -0.05) is 12.1 Å². The second-order valence-corrected chi connectivity index (χ2v) is 4.83. The van der Waals surface area contributed by atoms with Crippen molar-refractivity contribution < 1.29 is 19.1 Å². The zero-order chi connectivity index (χ0) is 16.8. The summed E-state index contributed by atoms with van der Waals surface area (Å²) < 4.78 is 9.78. The van der Waals surface area contributed by atoms with Crippen LogP contribution in [0.3, 0.4) is 0 Å². The zero-order valence-electron chi connectivity index (χ0n) is 13.2. The molecule has 0 bridgehead atoms. The molecule has 120 valence electrons. The minimum atomic E-state index is -0.457. The van der Waals surface area contributed by atoms with Gasteiger partial charge in [-0.05, 0) is 36.8 Å². The average Bonchev–Trinajstić information content (AvgIpc) is 2.56. The normalized spacial score (nSPS) is 9.87. The fourth-order valence-electron chi connectivity index (χ4n) is 1.99. The van der Waals surface area contributed by atoms with E-state index in [1.165, 1.54) is 7.11 Å². The summed E-state index contributed by atoms with van der Waals surface area (Å²) in [7, 11) is 2.87. The van der Waals surface area contributed by atoms with E-state index >= 15 is 0 Å². The summed E-state index contributed by atoms with van der Waals surface area (Å²) in [6.45, 7) is 1.84. The molecule has 0 saturated carbocycles. The van der Waals surface area contributed by atoms with Gasteiger partial charge in [-0.25, -0.2) is 9.59 Å². The van der Waals surface area contributed by atoms with Gasteiger partial charge in [-0.15, -0.1) is 0 Å². The molecule has 2 rings (SSSR count). The molecular weight excluding hydrogens is 296 g/mol. The molecule has 0 unspecified atom stereocenters. The SMILES string of the molecule is COC(=O)c1ccc(C)c(NC(=O)Nc2cccc(OC)c2)c1. The number of aryl methyl sites for hydroxylation is 1. The second-order valence-electron chi connectivity index (χ2n) is 4.83. The van der Waals surface area contributed by atoms with Gasteiger partial charge in [0.05, 0.1) is 19.8 Å². The van der Waals surface area contributed by atoms with Crippen LogP contribution in [0.2, 0.25) is 0 Å². The molecule has 0 aliphatic rings. The van der Waals surface area contributed by atoms with Gasteiger partial charge in [0, 0.05) is 17.4 Å². The molecule has 2 amide bonds. The van der Waals surface area contributed by atoms with Gasteiger partial charge in [-0.2, -0.15) is 0 Å². The molecule has 2 N–H and O–H groups in total. The summed E-state index contributed by atoms with van der Waals surface area (Å²) >= 11 is 0. The highest BCUT2D eigenvalue weighted by molar-refractivity contribution is 6.01. The molecule has 0 fully saturated rings. The number of rotatable bonds is 4. The first-order valence-electron chi connectivity index (χ1n) is 6.94. The van der Waals surface area contributed by atoms with E-state index in [1.54, 1.807) is 49.6 Å². The van der Waals surface area contributed by atoms with Gasteiger partial charge in [-0.3, -0.25) is 0 Å². The van der Waals surface area contributed by atoms with Crippen LogP contribution in [0.1, 0.15) is 15.9 Å². The Labute approximate surface area is 134 Å². The maximum absolute atomic E-state index is 12.1. The van der Waals surface area contributed by atoms with E-state index in [1.807, 2.05) is 6.92 Å². The van der Waals surface area contributed by atoms with Crippen LogP contribution in [0, 0.1) is 6.92 Å². The lowest BCUT2D eigenvalue weighted by Crippen LogP contribution is -2.20. The summed E-state index contributed by atoms with van der Waals surface area (Å²) in [6.07, 6.45) is 0. The van der Waals surface area contributed by atoms with E-state index in [0.717, 1.165) is 5.56 Å². The van der Waals surface area contributed by atoms with Crippen molar-refractivity contribution >= 4 is 23.4 Å². The molecule has 0 aliphatic heterocycles. The van der Waals surface area contributed by atoms with Crippen molar-refractivity contribution in [1.29, 1.82) is 0 Å². The van der Waals surface area contributed by atoms with Crippen LogP contribution < -0.4 is 15.4 Å². The van der Waals surface area contributed by atoms with Gasteiger partial charge in [0.1, 0.15) is 5.75 Å². The fraction of sp³-hybridized carbons (Fsp3) is 0.176. The highest BCUT2D eigenvalue weighted by Gasteiger charge is 2.10. The molecule has 0 saturated heterocycles. The van der Waals surface area contributed by atoms with Crippen LogP contribution in [0.4, 0.5) is 16.2 Å². The molecular formula is C17H18N2O4. The Morgan fingerprint density at radius 1 is 1.00 bits per heavy atom. The van der Waals surface area contributed by atoms with Crippen molar-refractivity contribution in [3.63, 3.8) is 0 Å². The Balaban J connectivity index is 2.11. The van der Waals surface area contributed by atoms with Crippen LogP contribution in [0.25, 0.3) is 0 Å². The first kappa shape index (κ1) is 16.4. The molecule has 0 atom stereocenters. The number of anilines is 2. The van der Waals surface area contributed by atoms with Gasteiger partial charge in [0.25, 0.3) is 0 Å². The molecule has 0 radical (unpaired) electrons. The Morgan fingerprint density at radius 3 is 2.48 bits per heavy atom. The van der Waals surface area contributed by atoms with Gasteiger partial charge in [0.2, 0.25) is 0 Å². The lowest BCUT2D eigenvalue weighted by molar-refractivity contribution is 0.0600. The number of carbonyl (C=O) groups excluding carboxylic acids is 2. The summed E-state index contributed by atoms with van der Waals surface area (Å²) in [5, 5.41) is 5.43. The van der Waals surface area contributed by atoms with Crippen molar-refractivity contribution in [3.8, 4) is 5.75 Å². The van der Waals surface area contributed by atoms with E-state index < -0.39 is 12.0 Å². The average molecular weight is 314 g/mol. The molecule has 0 aliphatic carbocycles. The maximum atomic E-state index is 12.1. The van der Waals surface area contributed by atoms with Crippen LogP contribution in [0.5, 0.6) is 5.75 Å². The van der Waals surface area contributed by atoms with Crippen LogP contribution in [-0.2, 0) is 4.74 Å². The monoisotopic (exact) mass is 314 g/mol. The number of urea groups is 1. The lowest BCUT2D eigenvalue weighted by Gasteiger charge is -2.11. The molecule has 6 nitrogen and oxygen atoms in total. The minimum Gasteiger partial charge on any atom is -0.497 e. The smallest absolute Gasteiger partial charge is 0.337 e. The summed E-state index contributed by atoms with van der Waals surface area (Å²) in [5.41, 5.74) is 2.34. The molecule has 0 heterocycles. The Kier molecular flexibility index (Phi) is 5.19. The van der Waals surface area contributed by atoms with Crippen LogP contribution >= 0.6 is 0 Å². The second kappa shape index (κ2) is 7.31. The van der Waals surface area contributed by atoms with Gasteiger partial charge < -0.3 is 20.1 Å². The number of hydrogen-bond donors (Lipinski definition) is 2. The Morgan fingerprint density at radius 2 is 1.78 bits per heavy atom. The van der Waals surface area contributed by atoms with Crippen LogP contribution in [-0.4, -0.2) is 26.2 Å². The highest BCUT2D eigenvalue weighted by atomic mass is 16.5. The number of hydrogen-bond acceptors (Lipinski definition) is 4. The summed E-state index contributed by atoms with van der Waals surface area (Å²) in [4.78, 5) is 23.7. The van der Waals surface area contributed by atoms with E-state index in [4.69, 9.17) is 4.74 Å². The fourth-order valence-corrected chi connectivity index (χ4v) is 1.99. The topological polar surface area (TPSA) is 76.7 Å². The summed E-state index contributed by atoms with van der Waals surface area (Å²) in [5.74, 6) is 0.188. The molecule has 2 aromatic carbocycles. The van der Waals surface area contributed by atoms with Crippen LogP contribution in [0.15, 0.2) is 42.5 Å². The highest BCUT2D eigenvalue weighted by Crippen LogP contribution is 2.19. The summed E-state index contributed by atoms with van der Waals surface area (Å²) in [6, 6.07) is 11.6. The Bertz CT molecular complexity index is 728. The third-order valence-electron chi connectivity index (χ3n) is 3.23. The molecule has 0 aromatic heterocycles. The van der Waals surface area contributed by atoms with E-state index in [0.29, 0.717) is 22.7 Å². The van der Waals surface area contributed by atoms with Crippen molar-refractivity contribution in [2.24, 2.45) is 0 Å². The Hall–Kier alpha value is -3.02. The van der Waals surface area contributed by atoms with Crippen molar-refractivity contribution in [2.45, 2.75) is 6.92 Å². The van der Waals surface area contributed by atoms with Gasteiger partial charge in [0.15, 0.2) is 0 Å². The number of methoxy groups -OCH3 is 2. The minimum absolute atomic E-state index is 0.370. The first-order valence-corrected chi connectivity index (χ1v) is 6.94. The quantitative estimate of drug-likeness (QED) is 0.848. The third kappa shape index (κ3) is 4.23. The predicted molar refractivity (Wildman–Crippen MR) is 88.2 cm³/mol. The van der Waals surface area contributed by atoms with Crippen molar-refractivity contribution in [3.05, 3.63) is 53.6 Å². The number of amides is 2. The zero-order valence-corrected chi connectivity index (χ0v) is 13.2. The van der Waals surface area contributed by atoms with E-state index in [9.17, 15) is 9.59 Å². The largest absolute Gasteiger partial charge is 0.497 e. The number of esters is 1. The molecule has 2 aromatic rings. The molecule has 0 spiro atoms. The predicted octanol–water partition coefficient (Wildman–Crippen LogP) is 3.43. The van der Waals surface area contributed by atoms with Gasteiger partial charge >= 0.3 is 12.0 Å². The maximum Gasteiger partial charge on any atom is 0.337 e. The van der Waals surface area contributed by atoms with Crippen molar-refractivity contribution in [2.75, 3.05) is 24.9 Å². The van der Waals surface area contributed by atoms with Crippen molar-refractivity contribution in [1.82, 2.24) is 0 Å². The molecule has 23 heavy (non-hydrogen) atoms. The number of ether oxygens (including phenoxy) is 2. The van der Waals surface area contributed by atoms with E-state index in [-0.39, 0.29) is 0 Å². The number of carbonyl (C=O) groups is 2. The lowest BCUT2D eigenvalue weighted by atomic mass is 10.1. The number of benzene rings is 2. The number of nitrogens with one attached hydrogen (secondary N) is 2. The standard InChI is InChI=1S/C17H18N2O4/c1-11-7-8-12(16(20)23-3)9-15(11)19-17(21)18-13-5-4-6-14(10-13)22-2/h4-10H,1-3H3,(H2,18,19,21). The third-order valence-corrected chi connectivity index (χ3v) is 3.23. The first-order chi connectivity index (χ1) is 11.0.